The van der Waals surface area contributed by atoms with E-state index in [-0.39, 0.29) is 30.7 Å². The zero-order valence-electron chi connectivity index (χ0n) is 15.1. The van der Waals surface area contributed by atoms with Gasteiger partial charge in [-0.2, -0.15) is 0 Å². The highest BCUT2D eigenvalue weighted by atomic mass is 16.5. The molecular weight excluding hydrogens is 312 g/mol. The molecule has 24 heavy (non-hydrogen) atoms. The van der Waals surface area contributed by atoms with Gasteiger partial charge in [-0.3, -0.25) is 4.79 Å². The van der Waals surface area contributed by atoms with Crippen LogP contribution in [0.1, 0.15) is 65.7 Å². The molecule has 0 aliphatic carbocycles. The number of carboxylic acid groups (broad SMARTS) is 1. The minimum Gasteiger partial charge on any atom is -0.481 e. The molecule has 1 saturated heterocycles. The highest BCUT2D eigenvalue weighted by Crippen LogP contribution is 2.20. The second kappa shape index (κ2) is 14.0. The number of rotatable bonds is 8. The summed E-state index contributed by atoms with van der Waals surface area (Å²) in [4.78, 5) is 21.1. The Bertz CT molecular complexity index is 378. The number of aliphatic hydroxyl groups is 1. The first-order chi connectivity index (χ1) is 11.3. The van der Waals surface area contributed by atoms with Crippen LogP contribution < -0.4 is 0 Å². The molecule has 0 unspecified atom stereocenters. The van der Waals surface area contributed by atoms with Crippen molar-refractivity contribution >= 4 is 11.9 Å². The van der Waals surface area contributed by atoms with Crippen LogP contribution in [0, 0.1) is 0 Å². The molecule has 0 aromatic carbocycles. The summed E-state index contributed by atoms with van der Waals surface area (Å²) >= 11 is 0. The number of unbranched alkanes of at least 4 members (excludes halogenated alkanes) is 1. The Balaban J connectivity index is 0.000000446. The Morgan fingerprint density at radius 1 is 1.38 bits per heavy atom. The third kappa shape index (κ3) is 14.2. The van der Waals surface area contributed by atoms with Crippen LogP contribution in [0.15, 0.2) is 12.2 Å². The van der Waals surface area contributed by atoms with E-state index < -0.39 is 5.97 Å². The number of allylic oxidation sites excluding steroid dienone is 1. The average molecular weight is 344 g/mol. The minimum atomic E-state index is -0.760. The van der Waals surface area contributed by atoms with Crippen molar-refractivity contribution in [2.45, 2.75) is 84.0 Å². The van der Waals surface area contributed by atoms with Crippen LogP contribution in [0.4, 0.5) is 0 Å². The van der Waals surface area contributed by atoms with Crippen molar-refractivity contribution in [2.75, 3.05) is 6.61 Å². The third-order valence-electron chi connectivity index (χ3n) is 3.50. The molecule has 0 bridgehead atoms. The number of carbonyl (C=O) groups is 2. The number of hydrogen-bond donors (Lipinski definition) is 2. The maximum Gasteiger partial charge on any atom is 0.330 e. The molecule has 1 aliphatic rings. The van der Waals surface area contributed by atoms with E-state index in [1.54, 1.807) is 19.9 Å². The van der Waals surface area contributed by atoms with Crippen molar-refractivity contribution in [1.29, 1.82) is 0 Å². The summed E-state index contributed by atoms with van der Waals surface area (Å²) in [6, 6.07) is 0. The van der Waals surface area contributed by atoms with Gasteiger partial charge < -0.3 is 19.7 Å². The van der Waals surface area contributed by atoms with Crippen molar-refractivity contribution < 1.29 is 29.3 Å². The van der Waals surface area contributed by atoms with Gasteiger partial charge in [-0.25, -0.2) is 4.79 Å². The molecule has 0 amide bonds. The Kier molecular flexibility index (Phi) is 13.2. The number of hydrogen-bond acceptors (Lipinski definition) is 5. The predicted octanol–water partition coefficient (Wildman–Crippen LogP) is 3.08. The Morgan fingerprint density at radius 3 is 2.62 bits per heavy atom. The van der Waals surface area contributed by atoms with Gasteiger partial charge in [0, 0.05) is 6.08 Å². The SMILES string of the molecule is CCOC(=O)/C=C/CCC[C@H](C)O.C[C@H]1CCC[C@@H](CC(=O)O)O1. The normalized spacial score (nSPS) is 21.7. The number of carboxylic acids is 1. The molecule has 0 radical (unpaired) electrons. The van der Waals surface area contributed by atoms with Crippen LogP contribution >= 0.6 is 0 Å². The van der Waals surface area contributed by atoms with Gasteiger partial charge in [-0.1, -0.05) is 6.08 Å². The van der Waals surface area contributed by atoms with E-state index in [0.29, 0.717) is 6.61 Å². The molecular formula is C18H32O6. The van der Waals surface area contributed by atoms with Gasteiger partial charge in [0.25, 0.3) is 0 Å². The summed E-state index contributed by atoms with van der Waals surface area (Å²) in [7, 11) is 0. The molecule has 0 spiro atoms. The maximum atomic E-state index is 10.8. The van der Waals surface area contributed by atoms with E-state index in [2.05, 4.69) is 0 Å². The first kappa shape index (κ1) is 22.6. The number of esters is 1. The van der Waals surface area contributed by atoms with Crippen LogP contribution in [-0.4, -0.2) is 47.1 Å². The summed E-state index contributed by atoms with van der Waals surface area (Å²) in [5, 5.41) is 17.4. The fourth-order valence-electron chi connectivity index (χ4n) is 2.34. The maximum absolute atomic E-state index is 10.8. The molecule has 0 aromatic rings. The van der Waals surface area contributed by atoms with Crippen molar-refractivity contribution in [3.05, 3.63) is 12.2 Å². The summed E-state index contributed by atoms with van der Waals surface area (Å²) in [5.41, 5.74) is 0. The lowest BCUT2D eigenvalue weighted by molar-refractivity contribution is -0.143. The lowest BCUT2D eigenvalue weighted by Crippen LogP contribution is -2.27. The van der Waals surface area contributed by atoms with E-state index in [4.69, 9.17) is 19.7 Å². The summed E-state index contributed by atoms with van der Waals surface area (Å²) < 4.78 is 10.1. The second-order valence-electron chi connectivity index (χ2n) is 6.03. The quantitative estimate of drug-likeness (QED) is 0.399. The Labute approximate surface area is 144 Å². The molecule has 1 fully saturated rings. The van der Waals surface area contributed by atoms with E-state index in [1.165, 1.54) is 6.08 Å². The topological polar surface area (TPSA) is 93.1 Å². The fourth-order valence-corrected chi connectivity index (χ4v) is 2.34. The summed E-state index contributed by atoms with van der Waals surface area (Å²) in [5.74, 6) is -1.05. The zero-order valence-corrected chi connectivity index (χ0v) is 15.1. The summed E-state index contributed by atoms with van der Waals surface area (Å²) in [6.07, 6.45) is 8.85. The lowest BCUT2D eigenvalue weighted by Gasteiger charge is -2.26. The molecule has 6 heteroatoms. The van der Waals surface area contributed by atoms with Crippen LogP contribution in [0.25, 0.3) is 0 Å². The second-order valence-corrected chi connectivity index (χ2v) is 6.03. The van der Waals surface area contributed by atoms with Gasteiger partial charge in [0.2, 0.25) is 0 Å². The average Bonchev–Trinajstić information content (AvgIpc) is 2.47. The van der Waals surface area contributed by atoms with Crippen LogP contribution in [0.2, 0.25) is 0 Å². The third-order valence-corrected chi connectivity index (χ3v) is 3.50. The number of aliphatic hydroxyl groups excluding tert-OH is 1. The molecule has 2 N–H and O–H groups in total. The molecule has 6 nitrogen and oxygen atoms in total. The van der Waals surface area contributed by atoms with Crippen LogP contribution in [0.3, 0.4) is 0 Å². The van der Waals surface area contributed by atoms with E-state index in [1.807, 2.05) is 6.92 Å². The van der Waals surface area contributed by atoms with Gasteiger partial charge in [-0.05, 0) is 59.3 Å². The fraction of sp³-hybridized carbons (Fsp3) is 0.778. The highest BCUT2D eigenvalue weighted by Gasteiger charge is 2.20. The van der Waals surface area contributed by atoms with Gasteiger partial charge in [0.05, 0.1) is 31.3 Å². The van der Waals surface area contributed by atoms with Gasteiger partial charge >= 0.3 is 11.9 Å². The predicted molar refractivity (Wildman–Crippen MR) is 91.7 cm³/mol. The van der Waals surface area contributed by atoms with Gasteiger partial charge in [0.15, 0.2) is 0 Å². The standard InChI is InChI=1S/C10H18O3.C8H14O3/c1-3-13-10(12)8-6-4-5-7-9(2)11;1-6-3-2-4-7(11-6)5-8(9)10/h6,8-9,11H,3-5,7H2,1-2H3;6-7H,2-5H2,1H3,(H,9,10)/b8-6+;/t9-;6-,7-/m00/s1. The highest BCUT2D eigenvalue weighted by molar-refractivity contribution is 5.81. The lowest BCUT2D eigenvalue weighted by atomic mass is 10.0. The van der Waals surface area contributed by atoms with E-state index in [9.17, 15) is 9.59 Å². The van der Waals surface area contributed by atoms with Crippen molar-refractivity contribution in [1.82, 2.24) is 0 Å². The van der Waals surface area contributed by atoms with Gasteiger partial charge in [-0.15, -0.1) is 0 Å². The first-order valence-corrected chi connectivity index (χ1v) is 8.73. The molecule has 140 valence electrons. The monoisotopic (exact) mass is 344 g/mol. The Hall–Kier alpha value is -1.40. The largest absolute Gasteiger partial charge is 0.481 e. The van der Waals surface area contributed by atoms with E-state index >= 15 is 0 Å². The van der Waals surface area contributed by atoms with Crippen LogP contribution in [0.5, 0.6) is 0 Å². The summed E-state index contributed by atoms with van der Waals surface area (Å²) in [6.45, 7) is 5.94. The Morgan fingerprint density at radius 2 is 2.08 bits per heavy atom. The number of aliphatic carboxylic acids is 1. The van der Waals surface area contributed by atoms with E-state index in [0.717, 1.165) is 38.5 Å². The minimum absolute atomic E-state index is 0.0451. The number of carbonyl (C=O) groups excluding carboxylic acids is 1. The molecule has 0 aromatic heterocycles. The first-order valence-electron chi connectivity index (χ1n) is 8.73. The molecule has 1 rings (SSSR count). The van der Waals surface area contributed by atoms with Gasteiger partial charge in [0.1, 0.15) is 0 Å². The number of ether oxygens (including phenoxy) is 2. The van der Waals surface area contributed by atoms with Crippen molar-refractivity contribution in [3.63, 3.8) is 0 Å². The van der Waals surface area contributed by atoms with Crippen molar-refractivity contribution in [2.24, 2.45) is 0 Å². The smallest absolute Gasteiger partial charge is 0.330 e. The zero-order chi connectivity index (χ0) is 18.4. The van der Waals surface area contributed by atoms with Crippen molar-refractivity contribution in [3.8, 4) is 0 Å². The molecule has 1 heterocycles. The molecule has 0 saturated carbocycles. The van der Waals surface area contributed by atoms with Crippen LogP contribution in [-0.2, 0) is 19.1 Å². The molecule has 1 aliphatic heterocycles. The molecule has 3 atom stereocenters.